The number of hydrogen-bond acceptors (Lipinski definition) is 3. The van der Waals surface area contributed by atoms with Gasteiger partial charge in [-0.25, -0.2) is 18.1 Å². The van der Waals surface area contributed by atoms with E-state index in [9.17, 15) is 8.42 Å². The molecular weight excluding hydrogens is 250 g/mol. The summed E-state index contributed by atoms with van der Waals surface area (Å²) in [7, 11) is -3.52. The van der Waals surface area contributed by atoms with Gasteiger partial charge in [-0.3, -0.25) is 0 Å². The second-order valence-electron chi connectivity index (χ2n) is 4.06. The third kappa shape index (κ3) is 2.23. The van der Waals surface area contributed by atoms with Crippen LogP contribution in [0.4, 0.5) is 0 Å². The summed E-state index contributed by atoms with van der Waals surface area (Å²) in [5.41, 5.74) is -0.434. The number of halogens is 1. The van der Waals surface area contributed by atoms with Crippen LogP contribution in [0.2, 0.25) is 0 Å². The van der Waals surface area contributed by atoms with Crippen LogP contribution in [0.3, 0.4) is 0 Å². The Morgan fingerprint density at radius 3 is 2.75 bits per heavy atom. The summed E-state index contributed by atoms with van der Waals surface area (Å²) in [5, 5.41) is 0.0609. The van der Waals surface area contributed by atoms with E-state index in [1.54, 1.807) is 4.57 Å². The molecule has 1 aromatic heterocycles. The number of aryl methyl sites for hydroxylation is 1. The van der Waals surface area contributed by atoms with Crippen LogP contribution in [0.1, 0.15) is 19.8 Å². The molecule has 2 rings (SSSR count). The molecule has 0 spiro atoms. The molecular formula is C9H14ClN3O2S. The van der Waals surface area contributed by atoms with Gasteiger partial charge in [0.15, 0.2) is 5.03 Å². The molecule has 16 heavy (non-hydrogen) atoms. The Bertz CT molecular complexity index is 479. The Hall–Kier alpha value is -0.590. The van der Waals surface area contributed by atoms with Gasteiger partial charge in [0, 0.05) is 24.2 Å². The lowest BCUT2D eigenvalue weighted by Crippen LogP contribution is -2.38. The van der Waals surface area contributed by atoms with Crippen LogP contribution in [0, 0.1) is 0 Å². The molecule has 1 aliphatic rings. The van der Waals surface area contributed by atoms with Crippen LogP contribution in [-0.2, 0) is 16.6 Å². The molecule has 1 fully saturated rings. The highest BCUT2D eigenvalue weighted by Crippen LogP contribution is 2.37. The van der Waals surface area contributed by atoms with Gasteiger partial charge in [0.05, 0.1) is 6.33 Å². The first-order valence-corrected chi connectivity index (χ1v) is 7.15. The number of nitrogens with one attached hydrogen (secondary N) is 1. The van der Waals surface area contributed by atoms with E-state index in [0.717, 1.165) is 12.8 Å². The Morgan fingerprint density at radius 2 is 2.31 bits per heavy atom. The molecule has 0 aliphatic heterocycles. The van der Waals surface area contributed by atoms with E-state index in [-0.39, 0.29) is 5.03 Å². The zero-order valence-corrected chi connectivity index (χ0v) is 10.6. The molecule has 0 saturated heterocycles. The molecule has 0 radical (unpaired) electrons. The molecule has 0 unspecified atom stereocenters. The number of rotatable bonds is 5. The van der Waals surface area contributed by atoms with Crippen molar-refractivity contribution in [3.8, 4) is 0 Å². The van der Waals surface area contributed by atoms with Crippen molar-refractivity contribution >= 4 is 21.6 Å². The topological polar surface area (TPSA) is 64.0 Å². The predicted octanol–water partition coefficient (Wildman–Crippen LogP) is 0.953. The van der Waals surface area contributed by atoms with Crippen LogP contribution in [-0.4, -0.2) is 29.4 Å². The largest absolute Gasteiger partial charge is 0.336 e. The Labute approximate surface area is 99.9 Å². The summed E-state index contributed by atoms with van der Waals surface area (Å²) in [6, 6.07) is 0. The van der Waals surface area contributed by atoms with E-state index in [0.29, 0.717) is 12.4 Å². The van der Waals surface area contributed by atoms with Gasteiger partial charge in [-0.15, -0.1) is 11.6 Å². The number of imidazole rings is 1. The van der Waals surface area contributed by atoms with Crippen molar-refractivity contribution in [1.29, 1.82) is 0 Å². The van der Waals surface area contributed by atoms with Crippen molar-refractivity contribution in [1.82, 2.24) is 14.3 Å². The minimum atomic E-state index is -3.52. The lowest BCUT2D eigenvalue weighted by molar-refractivity contribution is 0.556. The SMILES string of the molecule is CCn1cnc(S(=O)(=O)NC2(CCl)CC2)c1. The van der Waals surface area contributed by atoms with E-state index in [1.807, 2.05) is 6.92 Å². The Morgan fingerprint density at radius 1 is 1.62 bits per heavy atom. The first-order valence-electron chi connectivity index (χ1n) is 5.13. The molecule has 1 aromatic rings. The molecule has 90 valence electrons. The second kappa shape index (κ2) is 4.01. The molecule has 7 heteroatoms. The highest BCUT2D eigenvalue weighted by Gasteiger charge is 2.45. The molecule has 1 heterocycles. The van der Waals surface area contributed by atoms with E-state index in [1.165, 1.54) is 12.5 Å². The molecule has 5 nitrogen and oxygen atoms in total. The molecule has 0 aromatic carbocycles. The first kappa shape index (κ1) is 11.9. The summed E-state index contributed by atoms with van der Waals surface area (Å²) < 4.78 is 28.2. The van der Waals surface area contributed by atoms with E-state index in [4.69, 9.17) is 11.6 Å². The molecule has 0 atom stereocenters. The van der Waals surface area contributed by atoms with Gasteiger partial charge in [0.1, 0.15) is 0 Å². The number of alkyl halides is 1. The summed E-state index contributed by atoms with van der Waals surface area (Å²) in [5.74, 6) is 0.306. The van der Waals surface area contributed by atoms with E-state index in [2.05, 4.69) is 9.71 Å². The highest BCUT2D eigenvalue weighted by atomic mass is 35.5. The fourth-order valence-electron chi connectivity index (χ4n) is 1.40. The average molecular weight is 264 g/mol. The van der Waals surface area contributed by atoms with Gasteiger partial charge in [-0.05, 0) is 19.8 Å². The van der Waals surface area contributed by atoms with Crippen molar-refractivity contribution in [3.63, 3.8) is 0 Å². The van der Waals surface area contributed by atoms with Gasteiger partial charge in [-0.1, -0.05) is 0 Å². The lowest BCUT2D eigenvalue weighted by atomic mass is 10.4. The van der Waals surface area contributed by atoms with Crippen LogP contribution < -0.4 is 4.72 Å². The minimum Gasteiger partial charge on any atom is -0.336 e. The van der Waals surface area contributed by atoms with Crippen LogP contribution in [0.15, 0.2) is 17.6 Å². The Kier molecular flexibility index (Phi) is 2.98. The molecule has 1 aliphatic carbocycles. The summed E-state index contributed by atoms with van der Waals surface area (Å²) in [4.78, 5) is 3.87. The number of hydrogen-bond donors (Lipinski definition) is 1. The zero-order chi connectivity index (χ0) is 11.8. The van der Waals surface area contributed by atoms with Gasteiger partial charge in [0.2, 0.25) is 0 Å². The minimum absolute atomic E-state index is 0.0609. The van der Waals surface area contributed by atoms with E-state index >= 15 is 0 Å². The third-order valence-corrected chi connectivity index (χ3v) is 4.69. The van der Waals surface area contributed by atoms with E-state index < -0.39 is 15.6 Å². The Balaban J connectivity index is 2.19. The van der Waals surface area contributed by atoms with Crippen molar-refractivity contribution in [2.24, 2.45) is 0 Å². The maximum atomic E-state index is 11.9. The maximum absolute atomic E-state index is 11.9. The van der Waals surface area contributed by atoms with Crippen LogP contribution in [0.25, 0.3) is 0 Å². The number of nitrogens with zero attached hydrogens (tertiary/aromatic N) is 2. The molecule has 0 bridgehead atoms. The lowest BCUT2D eigenvalue weighted by Gasteiger charge is -2.12. The van der Waals surface area contributed by atoms with Gasteiger partial charge in [-0.2, -0.15) is 0 Å². The van der Waals surface area contributed by atoms with Gasteiger partial charge >= 0.3 is 0 Å². The molecule has 1 saturated carbocycles. The third-order valence-electron chi connectivity index (χ3n) is 2.71. The maximum Gasteiger partial charge on any atom is 0.260 e. The first-order chi connectivity index (χ1) is 7.51. The number of aromatic nitrogens is 2. The normalized spacial score (nSPS) is 18.6. The van der Waals surface area contributed by atoms with Gasteiger partial charge < -0.3 is 4.57 Å². The summed E-state index contributed by atoms with van der Waals surface area (Å²) >= 11 is 5.73. The molecule has 0 amide bonds. The molecule has 1 N–H and O–H groups in total. The monoisotopic (exact) mass is 263 g/mol. The fraction of sp³-hybridized carbons (Fsp3) is 0.667. The predicted molar refractivity (Wildman–Crippen MR) is 60.9 cm³/mol. The van der Waals surface area contributed by atoms with Crippen LogP contribution in [0.5, 0.6) is 0 Å². The average Bonchev–Trinajstić information content (AvgIpc) is 2.82. The quantitative estimate of drug-likeness (QED) is 0.805. The van der Waals surface area contributed by atoms with Crippen molar-refractivity contribution in [3.05, 3.63) is 12.5 Å². The summed E-state index contributed by atoms with van der Waals surface area (Å²) in [6.07, 6.45) is 4.62. The number of sulfonamides is 1. The smallest absolute Gasteiger partial charge is 0.260 e. The fourth-order valence-corrected chi connectivity index (χ4v) is 3.23. The van der Waals surface area contributed by atoms with Gasteiger partial charge in [0.25, 0.3) is 10.0 Å². The van der Waals surface area contributed by atoms with Crippen molar-refractivity contribution < 1.29 is 8.42 Å². The van der Waals surface area contributed by atoms with Crippen molar-refractivity contribution in [2.45, 2.75) is 36.9 Å². The zero-order valence-electron chi connectivity index (χ0n) is 8.98. The standard InChI is InChI=1S/C9H14ClN3O2S/c1-2-13-5-8(11-7-13)16(14,15)12-9(6-10)3-4-9/h5,7,12H,2-4,6H2,1H3. The highest BCUT2D eigenvalue weighted by molar-refractivity contribution is 7.89. The summed E-state index contributed by atoms with van der Waals surface area (Å²) in [6.45, 7) is 2.62. The van der Waals surface area contributed by atoms with Crippen molar-refractivity contribution in [2.75, 3.05) is 5.88 Å². The van der Waals surface area contributed by atoms with Crippen LogP contribution >= 0.6 is 11.6 Å². The second-order valence-corrected chi connectivity index (χ2v) is 5.96.